The van der Waals surface area contributed by atoms with Crippen molar-refractivity contribution in [3.8, 4) is 11.8 Å². The van der Waals surface area contributed by atoms with E-state index >= 15 is 0 Å². The van der Waals surface area contributed by atoms with E-state index in [0.29, 0.717) is 49.4 Å². The van der Waals surface area contributed by atoms with Crippen molar-refractivity contribution in [2.45, 2.75) is 19.8 Å². The summed E-state index contributed by atoms with van der Waals surface area (Å²) in [5.74, 6) is 1.71. The van der Waals surface area contributed by atoms with Crippen LogP contribution in [0.4, 0.5) is 10.6 Å². The molecule has 1 aromatic carbocycles. The number of hydrogen-bond acceptors (Lipinski definition) is 6. The number of carbonyl (C=O) groups excluding carboxylic acids is 1. The van der Waals surface area contributed by atoms with Crippen molar-refractivity contribution in [2.75, 3.05) is 31.1 Å². The van der Waals surface area contributed by atoms with Crippen LogP contribution < -0.4 is 9.64 Å². The molecule has 1 aliphatic rings. The molecule has 2 aromatic rings. The van der Waals surface area contributed by atoms with Gasteiger partial charge in [-0.2, -0.15) is 5.26 Å². The number of carbonyl (C=O) groups is 1. The minimum absolute atomic E-state index is 0.291. The summed E-state index contributed by atoms with van der Waals surface area (Å²) >= 11 is 0. The number of piperazine rings is 1. The zero-order valence-corrected chi connectivity index (χ0v) is 14.9. The van der Waals surface area contributed by atoms with Gasteiger partial charge in [-0.25, -0.2) is 4.79 Å². The molecule has 0 aliphatic carbocycles. The minimum atomic E-state index is -0.340. The molecule has 0 unspecified atom stereocenters. The molecule has 1 aliphatic heterocycles. The fraction of sp³-hybridized carbons (Fsp3) is 0.368. The van der Waals surface area contributed by atoms with Crippen molar-refractivity contribution in [3.05, 3.63) is 47.7 Å². The largest absolute Gasteiger partial charge is 0.415 e. The van der Waals surface area contributed by atoms with E-state index in [-0.39, 0.29) is 6.09 Å². The van der Waals surface area contributed by atoms with Crippen molar-refractivity contribution in [1.82, 2.24) is 15.1 Å². The first-order valence-electron chi connectivity index (χ1n) is 8.62. The monoisotopic (exact) mass is 351 g/mol. The van der Waals surface area contributed by atoms with Crippen molar-refractivity contribution in [2.24, 2.45) is 0 Å². The van der Waals surface area contributed by atoms with Crippen LogP contribution in [0.3, 0.4) is 0 Å². The highest BCUT2D eigenvalue weighted by Crippen LogP contribution is 2.20. The standard InChI is InChI=1S/C19H21N5O2/c1-14(2)15-3-6-17(7-4-15)26-19(25)24-11-9-23(10-12-24)18-8-5-16(13-20)21-22-18/h3-8,14H,9-12H2,1-2H3. The first kappa shape index (κ1) is 17.7. The van der Waals surface area contributed by atoms with E-state index in [1.165, 1.54) is 5.56 Å². The Morgan fingerprint density at radius 1 is 1.08 bits per heavy atom. The summed E-state index contributed by atoms with van der Waals surface area (Å²) in [5, 5.41) is 16.7. The smallest absolute Gasteiger partial charge is 0.410 e. The van der Waals surface area contributed by atoms with Gasteiger partial charge in [0.25, 0.3) is 0 Å². The molecule has 0 saturated carbocycles. The van der Waals surface area contributed by atoms with Crippen molar-refractivity contribution >= 4 is 11.9 Å². The molecular formula is C19H21N5O2. The van der Waals surface area contributed by atoms with E-state index in [2.05, 4.69) is 24.0 Å². The van der Waals surface area contributed by atoms with Crippen LogP contribution in [0.25, 0.3) is 0 Å². The highest BCUT2D eigenvalue weighted by molar-refractivity contribution is 5.71. The Kier molecular flexibility index (Phi) is 5.32. The normalized spacial score (nSPS) is 14.2. The predicted octanol–water partition coefficient (Wildman–Crippen LogP) is 2.79. The van der Waals surface area contributed by atoms with Crippen LogP contribution in [0.2, 0.25) is 0 Å². The van der Waals surface area contributed by atoms with Gasteiger partial charge in [0.2, 0.25) is 0 Å². The molecule has 7 heteroatoms. The van der Waals surface area contributed by atoms with Gasteiger partial charge in [0.1, 0.15) is 11.8 Å². The second-order valence-electron chi connectivity index (χ2n) is 6.45. The lowest BCUT2D eigenvalue weighted by molar-refractivity contribution is 0.149. The van der Waals surface area contributed by atoms with Crippen molar-refractivity contribution in [1.29, 1.82) is 5.26 Å². The van der Waals surface area contributed by atoms with Crippen LogP contribution >= 0.6 is 0 Å². The zero-order valence-electron chi connectivity index (χ0n) is 14.9. The van der Waals surface area contributed by atoms with E-state index in [1.807, 2.05) is 35.2 Å². The van der Waals surface area contributed by atoms with E-state index in [4.69, 9.17) is 10.00 Å². The second-order valence-corrected chi connectivity index (χ2v) is 6.45. The molecular weight excluding hydrogens is 330 g/mol. The summed E-state index contributed by atoms with van der Waals surface area (Å²) in [6.07, 6.45) is -0.340. The molecule has 2 heterocycles. The number of aromatic nitrogens is 2. The van der Waals surface area contributed by atoms with Crippen LogP contribution in [0.15, 0.2) is 36.4 Å². The van der Waals surface area contributed by atoms with Crippen LogP contribution in [0, 0.1) is 11.3 Å². The molecule has 7 nitrogen and oxygen atoms in total. The average Bonchev–Trinajstić information content (AvgIpc) is 2.68. The highest BCUT2D eigenvalue weighted by atomic mass is 16.6. The lowest BCUT2D eigenvalue weighted by Crippen LogP contribution is -2.49. The minimum Gasteiger partial charge on any atom is -0.410 e. The average molecular weight is 351 g/mol. The van der Waals surface area contributed by atoms with Gasteiger partial charge >= 0.3 is 6.09 Å². The number of hydrogen-bond donors (Lipinski definition) is 0. The maximum Gasteiger partial charge on any atom is 0.415 e. The van der Waals surface area contributed by atoms with E-state index in [9.17, 15) is 4.79 Å². The Morgan fingerprint density at radius 3 is 2.31 bits per heavy atom. The fourth-order valence-electron chi connectivity index (χ4n) is 2.76. The van der Waals surface area contributed by atoms with E-state index < -0.39 is 0 Å². The number of amides is 1. The third-order valence-corrected chi connectivity index (χ3v) is 4.38. The summed E-state index contributed by atoms with van der Waals surface area (Å²) in [6.45, 7) is 6.62. The first-order valence-corrected chi connectivity index (χ1v) is 8.62. The van der Waals surface area contributed by atoms with Crippen LogP contribution in [0.1, 0.15) is 31.0 Å². The molecule has 134 valence electrons. The number of anilines is 1. The highest BCUT2D eigenvalue weighted by Gasteiger charge is 2.23. The zero-order chi connectivity index (χ0) is 18.5. The van der Waals surface area contributed by atoms with E-state index in [0.717, 1.165) is 0 Å². The second kappa shape index (κ2) is 7.83. The summed E-state index contributed by atoms with van der Waals surface area (Å²) in [6, 6.07) is 13.0. The number of ether oxygens (including phenoxy) is 1. The van der Waals surface area contributed by atoms with Crippen LogP contribution in [-0.2, 0) is 0 Å². The topological polar surface area (TPSA) is 82.4 Å². The van der Waals surface area contributed by atoms with Gasteiger partial charge < -0.3 is 14.5 Å². The van der Waals surface area contributed by atoms with Gasteiger partial charge in [-0.15, -0.1) is 10.2 Å². The predicted molar refractivity (Wildman–Crippen MR) is 97.1 cm³/mol. The van der Waals surface area contributed by atoms with Crippen LogP contribution in [0.5, 0.6) is 5.75 Å². The molecule has 26 heavy (non-hydrogen) atoms. The summed E-state index contributed by atoms with van der Waals surface area (Å²) in [4.78, 5) is 16.1. The maximum absolute atomic E-state index is 12.3. The molecule has 1 fully saturated rings. The number of rotatable bonds is 3. The molecule has 1 aromatic heterocycles. The molecule has 3 rings (SSSR count). The Morgan fingerprint density at radius 2 is 1.77 bits per heavy atom. The van der Waals surface area contributed by atoms with Gasteiger partial charge in [0.05, 0.1) is 0 Å². The molecule has 0 N–H and O–H groups in total. The van der Waals surface area contributed by atoms with Crippen molar-refractivity contribution < 1.29 is 9.53 Å². The van der Waals surface area contributed by atoms with Gasteiger partial charge in [0, 0.05) is 26.2 Å². The number of nitriles is 1. The maximum atomic E-state index is 12.3. The van der Waals surface area contributed by atoms with Gasteiger partial charge in [-0.3, -0.25) is 0 Å². The summed E-state index contributed by atoms with van der Waals surface area (Å²) < 4.78 is 5.46. The van der Waals surface area contributed by atoms with Gasteiger partial charge in [-0.05, 0) is 35.7 Å². The number of nitrogens with zero attached hydrogens (tertiary/aromatic N) is 5. The van der Waals surface area contributed by atoms with Gasteiger partial charge in [-0.1, -0.05) is 26.0 Å². The molecule has 0 bridgehead atoms. The first-order chi connectivity index (χ1) is 12.6. The molecule has 0 spiro atoms. The Labute approximate surface area is 152 Å². The lowest BCUT2D eigenvalue weighted by atomic mass is 10.0. The Balaban J connectivity index is 1.53. The molecule has 1 amide bonds. The fourth-order valence-corrected chi connectivity index (χ4v) is 2.76. The quantitative estimate of drug-likeness (QED) is 0.846. The Bertz CT molecular complexity index is 788. The van der Waals surface area contributed by atoms with E-state index in [1.54, 1.807) is 17.0 Å². The third-order valence-electron chi connectivity index (χ3n) is 4.38. The molecule has 0 radical (unpaired) electrons. The third kappa shape index (κ3) is 4.09. The lowest BCUT2D eigenvalue weighted by Gasteiger charge is -2.34. The molecule has 1 saturated heterocycles. The van der Waals surface area contributed by atoms with Gasteiger partial charge in [0.15, 0.2) is 11.5 Å². The Hall–Kier alpha value is -3.14. The summed E-state index contributed by atoms with van der Waals surface area (Å²) in [7, 11) is 0. The molecule has 0 atom stereocenters. The SMILES string of the molecule is CC(C)c1ccc(OC(=O)N2CCN(c3ccc(C#N)nn3)CC2)cc1. The summed E-state index contributed by atoms with van der Waals surface area (Å²) in [5.41, 5.74) is 1.50. The number of benzene rings is 1. The van der Waals surface area contributed by atoms with Crippen LogP contribution in [-0.4, -0.2) is 47.4 Å². The van der Waals surface area contributed by atoms with Crippen molar-refractivity contribution in [3.63, 3.8) is 0 Å².